The Morgan fingerprint density at radius 1 is 0.344 bits per heavy atom. The minimum atomic E-state index is -2.38. The lowest BCUT2D eigenvalue weighted by atomic mass is 9.41. The van der Waals surface area contributed by atoms with Crippen molar-refractivity contribution < 1.29 is 11.3 Å². The Balaban J connectivity index is 0.000000103. The maximum absolute atomic E-state index is 9.82. The van der Waals surface area contributed by atoms with E-state index in [1.165, 1.54) is 0 Å². The number of aromatic nitrogens is 11. The van der Waals surface area contributed by atoms with E-state index in [4.69, 9.17) is 43.4 Å². The standard InChI is InChI=1S/C32H28B4N8O.C32H28B4N8S.C29H23B4N7S/c2*1-2-12-24(11-1)26-23-43-35-17-7-9-19-41(35)33-15-5-8-18-40(33)34-16-6-10-20-42(34)36(43)21-25(26)30-37-22-29-31(39-30)45-32-38-27-13-3-4-14-28(27)44(29)32;1-22-21-39-32-14-6-8-16-37(32)30-12-4-7-15-36(30)31-13-5-9-17-38(31)33(39)19-24(22)28-34-20-26-29(35-28)41-27-18-23-10-2-3-11-25(23)40(26)27/h2*3-10,13-24H,1-2,11-12H2;2-21H,1H3/i2*24D;1D3. The van der Waals surface area contributed by atoms with Gasteiger partial charge >= 0.3 is 89.6 Å². The Morgan fingerprint density at radius 2 is 0.710 bits per heavy atom. The Bertz CT molecular complexity index is 7600. The number of benzene rings is 3. The van der Waals surface area contributed by atoms with Gasteiger partial charge in [0.1, 0.15) is 31.0 Å². The monoisotopic (exact) mass is 1730 g/mol. The molecule has 0 unspecified atom stereocenters. The molecule has 29 rings (SSSR count). The molecule has 24 heterocycles. The van der Waals surface area contributed by atoms with Crippen LogP contribution in [-0.2, 0) is 0 Å². The summed E-state index contributed by atoms with van der Waals surface area (Å²) in [5, 5.41) is 1.16. The molecule has 5 fully saturated rings. The number of hydrogen-bond acceptors (Lipinski definition) is 23. The van der Waals surface area contributed by atoms with E-state index in [1.807, 2.05) is 108 Å². The van der Waals surface area contributed by atoms with Crippen molar-refractivity contribution in [3.63, 3.8) is 0 Å². The van der Waals surface area contributed by atoms with Gasteiger partial charge in [-0.2, -0.15) is 9.97 Å². The molecule has 24 nitrogen and oxygen atoms in total. The van der Waals surface area contributed by atoms with Gasteiger partial charge in [0.2, 0.25) is 0 Å². The van der Waals surface area contributed by atoms with Gasteiger partial charge in [-0.3, -0.25) is 13.2 Å². The number of allylic oxidation sites excluding steroid dienone is 24. The molecular formula is C93H79B12N23OS2. The molecule has 0 radical (unpaired) electrons. The molecule has 12 aromatic rings. The van der Waals surface area contributed by atoms with Gasteiger partial charge < -0.3 is 61.1 Å². The predicted octanol–water partition coefficient (Wildman–Crippen LogP) is 15.6. The molecule has 17 aliphatic rings. The number of para-hydroxylation sites is 5. The van der Waals surface area contributed by atoms with Crippen LogP contribution in [0.15, 0.2) is 374 Å². The first-order valence-corrected chi connectivity index (χ1v) is 46.9. The van der Waals surface area contributed by atoms with Crippen molar-refractivity contribution in [2.24, 2.45) is 11.8 Å². The van der Waals surface area contributed by atoms with Crippen molar-refractivity contribution >= 4 is 204 Å². The first-order chi connectivity index (χ1) is 66.8. The van der Waals surface area contributed by atoms with Crippen LogP contribution >= 0.6 is 22.7 Å². The molecule has 0 spiro atoms. The number of fused-ring (bicyclic) bond motifs is 39. The van der Waals surface area contributed by atoms with Crippen LogP contribution in [-0.4, -0.2) is 194 Å². The van der Waals surface area contributed by atoms with Crippen LogP contribution in [0.3, 0.4) is 0 Å². The quantitative estimate of drug-likeness (QED) is 0.149. The maximum atomic E-state index is 9.82. The zero-order valence-electron chi connectivity index (χ0n) is 76.1. The molecule has 0 N–H and O–H groups in total. The van der Waals surface area contributed by atoms with Gasteiger partial charge in [-0.05, 0) is 227 Å². The second-order valence-electron chi connectivity index (χ2n) is 35.1. The Morgan fingerprint density at radius 3 is 1.18 bits per heavy atom. The molecule has 9 aromatic heterocycles. The zero-order chi connectivity index (χ0) is 90.4. The van der Waals surface area contributed by atoms with Crippen LogP contribution in [0.1, 0.15) is 82.5 Å². The van der Waals surface area contributed by atoms with E-state index in [0.717, 1.165) is 143 Å². The summed E-state index contributed by atoms with van der Waals surface area (Å²) >= 11 is 3.18. The van der Waals surface area contributed by atoms with Crippen LogP contribution < -0.4 is 0 Å². The molecule has 0 amide bonds. The first-order valence-electron chi connectivity index (χ1n) is 47.8. The van der Waals surface area contributed by atoms with E-state index in [2.05, 4.69) is 320 Å². The van der Waals surface area contributed by atoms with Crippen LogP contribution in [0, 0.1) is 11.8 Å². The van der Waals surface area contributed by atoms with Crippen LogP contribution in [0.4, 0.5) is 0 Å². The highest BCUT2D eigenvalue weighted by molar-refractivity contribution is 7.24. The van der Waals surface area contributed by atoms with Crippen LogP contribution in [0.5, 0.6) is 0 Å². The smallest absolute Gasteiger partial charge is 0.381 e. The molecule has 2 aliphatic carbocycles. The molecule has 0 bridgehead atoms. The Hall–Kier alpha value is -14.2. The third-order valence-electron chi connectivity index (χ3n) is 28.0. The number of thiazole rings is 2. The highest BCUT2D eigenvalue weighted by Gasteiger charge is 2.55. The fourth-order valence-corrected chi connectivity index (χ4v) is 24.1. The Kier molecular flexibility index (Phi) is 17.0. The van der Waals surface area contributed by atoms with E-state index in [0.29, 0.717) is 34.6 Å². The minimum absolute atomic E-state index is 0.00500. The van der Waals surface area contributed by atoms with Gasteiger partial charge in [0.15, 0.2) is 22.4 Å². The fraction of sp³-hybridized carbons (Fsp3) is 0.118. The maximum Gasteiger partial charge on any atom is 0.381 e. The highest BCUT2D eigenvalue weighted by atomic mass is 32.1. The topological polar surface area (TPSA) is 168 Å². The second-order valence-corrected chi connectivity index (χ2v) is 37.1. The molecule has 620 valence electrons. The molecule has 131 heavy (non-hydrogen) atoms. The van der Waals surface area contributed by atoms with Crippen molar-refractivity contribution in [1.82, 2.24) is 110 Å². The summed E-state index contributed by atoms with van der Waals surface area (Å²) in [6.45, 7) is -3.45. The molecular weight excluding hydrogens is 1650 g/mol. The van der Waals surface area contributed by atoms with Crippen LogP contribution in [0.2, 0.25) is 0 Å². The average Bonchev–Trinajstić information content (AvgIpc) is 1.49. The highest BCUT2D eigenvalue weighted by Crippen LogP contribution is 2.47. The second kappa shape index (κ2) is 31.0. The van der Waals surface area contributed by atoms with E-state index < -0.39 is 18.6 Å². The van der Waals surface area contributed by atoms with Gasteiger partial charge in [0, 0.05) is 29.0 Å². The van der Waals surface area contributed by atoms with Crippen molar-refractivity contribution in [2.45, 2.75) is 58.2 Å². The SMILES string of the molecule is [2H]C([2H])([2H])C1=CN2B3C=CC=CN3B3C=CC=CN3B3C=CC=CN3B2C=C1c1ncc2c(n1)sc1cc3ccccc3n12.[2H]C1(C2=CN3B4C=CC=CN4B4C=CC=CN4B4C=CC=CN4B3C=C2c2ncc3c(n2)oc2nc4ccccc4n23)CCCC1.[2H]C1(C2=CN3B4C=CC=CN4B4C=CC=CN4B4C=CC=CN4B3C=C2c2ncc3c(n2)sc2nc4ccccc4n23)CCCC1. The molecule has 3 saturated heterocycles. The third kappa shape index (κ3) is 12.5. The molecule has 0 atom stereocenters. The summed E-state index contributed by atoms with van der Waals surface area (Å²) in [4.78, 5) is 43.4. The molecule has 3 aromatic carbocycles. The largest absolute Gasteiger partial charge is 0.423 e. The Labute approximate surface area is 776 Å². The van der Waals surface area contributed by atoms with Gasteiger partial charge in [0.05, 0.1) is 46.2 Å². The predicted molar refractivity (Wildman–Crippen MR) is 541 cm³/mol. The summed E-state index contributed by atoms with van der Waals surface area (Å²) in [6.07, 6.45) is 76.6. The number of imidazole rings is 2. The van der Waals surface area contributed by atoms with E-state index in [9.17, 15) is 2.74 Å². The summed E-state index contributed by atoms with van der Waals surface area (Å²) in [7, 11) is 0. The number of rotatable bonds is 5. The molecule has 15 aliphatic heterocycles. The van der Waals surface area contributed by atoms with Gasteiger partial charge in [-0.1, -0.05) is 217 Å². The number of hydrogen-bond donors (Lipinski definition) is 0. The van der Waals surface area contributed by atoms with Crippen molar-refractivity contribution in [3.05, 3.63) is 387 Å². The van der Waals surface area contributed by atoms with E-state index >= 15 is 0 Å². The van der Waals surface area contributed by atoms with Gasteiger partial charge in [-0.25, -0.2) is 29.9 Å². The average molecular weight is 1730 g/mol. The van der Waals surface area contributed by atoms with Crippen molar-refractivity contribution in [1.29, 1.82) is 0 Å². The molecule has 2 saturated carbocycles. The molecule has 38 heteroatoms. The minimum Gasteiger partial charge on any atom is -0.423 e. The zero-order valence-corrected chi connectivity index (χ0v) is 72.7. The van der Waals surface area contributed by atoms with Crippen LogP contribution in [0.25, 0.3) is 97.2 Å². The third-order valence-corrected chi connectivity index (χ3v) is 30.0. The number of nitrogens with zero attached hydrogens (tertiary/aromatic N) is 23. The lowest BCUT2D eigenvalue weighted by Crippen LogP contribution is -2.73. The summed E-state index contributed by atoms with van der Waals surface area (Å²) in [6, 6.07) is 26.6. The summed E-state index contributed by atoms with van der Waals surface area (Å²) < 4.78 is 86.3. The van der Waals surface area contributed by atoms with Gasteiger partial charge in [-0.15, -0.1) is 0 Å². The lowest BCUT2D eigenvalue weighted by Gasteiger charge is -2.53. The fourth-order valence-electron chi connectivity index (χ4n) is 22.0. The number of oxazole rings is 1. The van der Waals surface area contributed by atoms with Crippen molar-refractivity contribution in [3.8, 4) is 0 Å². The first kappa shape index (κ1) is 71.7. The van der Waals surface area contributed by atoms with Gasteiger partial charge in [0.25, 0.3) is 5.71 Å². The normalized spacial score (nSPS) is 21.4. The van der Waals surface area contributed by atoms with E-state index in [1.54, 1.807) is 22.7 Å². The van der Waals surface area contributed by atoms with Crippen molar-refractivity contribution in [2.75, 3.05) is 0 Å². The van der Waals surface area contributed by atoms with E-state index in [-0.39, 0.29) is 89.4 Å². The summed E-state index contributed by atoms with van der Waals surface area (Å²) in [5.41, 5.74) is 12.7. The lowest BCUT2D eigenvalue weighted by molar-refractivity contribution is 0.601. The summed E-state index contributed by atoms with van der Waals surface area (Å²) in [5.74, 6) is 27.4.